The molecule has 0 N–H and O–H groups in total. The van der Waals surface area contributed by atoms with Crippen LogP contribution in [0.3, 0.4) is 0 Å². The summed E-state index contributed by atoms with van der Waals surface area (Å²) in [6, 6.07) is 3.51. The predicted molar refractivity (Wildman–Crippen MR) is 53.1 cm³/mol. The molecule has 1 heterocycles. The largest absolute Gasteiger partial charge is 0.619 e. The Morgan fingerprint density at radius 3 is 3.21 bits per heavy atom. The first-order chi connectivity index (χ1) is 6.83. The maximum Gasteiger partial charge on any atom is 0.187 e. The van der Waals surface area contributed by atoms with Gasteiger partial charge in [0, 0.05) is 23.1 Å². The molecule has 0 radical (unpaired) electrons. The fourth-order valence-corrected chi connectivity index (χ4v) is 0.967. The molecule has 0 spiro atoms. The molecule has 1 aromatic heterocycles. The Bertz CT molecular complexity index is 369. The summed E-state index contributed by atoms with van der Waals surface area (Å²) < 4.78 is 0.743. The molecule has 0 aromatic carbocycles. The number of hydrogen-bond donors (Lipinski definition) is 0. The topological polar surface area (TPSA) is 75.7 Å². The summed E-state index contributed by atoms with van der Waals surface area (Å²) in [5.74, 6) is 0. The Hall–Kier alpha value is -2.00. The lowest BCUT2D eigenvalue weighted by Crippen LogP contribution is -2.24. The first kappa shape index (κ1) is 10.1. The second kappa shape index (κ2) is 5.61. The molecule has 14 heavy (non-hydrogen) atoms. The first-order valence-corrected chi connectivity index (χ1v) is 4.19. The number of azide groups is 1. The molecule has 0 saturated carbocycles. The highest BCUT2D eigenvalue weighted by molar-refractivity contribution is 5.46. The van der Waals surface area contributed by atoms with E-state index < -0.39 is 0 Å². The van der Waals surface area contributed by atoms with Crippen molar-refractivity contribution in [1.82, 2.24) is 0 Å². The quantitative estimate of drug-likeness (QED) is 0.179. The molecular weight excluding hydrogens is 180 g/mol. The molecule has 0 atom stereocenters. The Labute approximate surface area is 81.5 Å². The van der Waals surface area contributed by atoms with E-state index in [4.69, 9.17) is 5.53 Å². The van der Waals surface area contributed by atoms with Gasteiger partial charge in [-0.3, -0.25) is 0 Å². The summed E-state index contributed by atoms with van der Waals surface area (Å²) in [5, 5.41) is 14.2. The van der Waals surface area contributed by atoms with Crippen LogP contribution in [0.2, 0.25) is 0 Å². The van der Waals surface area contributed by atoms with E-state index >= 15 is 0 Å². The molecule has 0 aliphatic rings. The summed E-state index contributed by atoms with van der Waals surface area (Å²) in [6.07, 6.45) is 7.27. The van der Waals surface area contributed by atoms with Gasteiger partial charge < -0.3 is 5.21 Å². The van der Waals surface area contributed by atoms with E-state index in [0.717, 1.165) is 10.3 Å². The Morgan fingerprint density at radius 2 is 2.50 bits per heavy atom. The van der Waals surface area contributed by atoms with Gasteiger partial charge in [-0.2, -0.15) is 4.73 Å². The average molecular weight is 190 g/mol. The van der Waals surface area contributed by atoms with Crippen molar-refractivity contribution < 1.29 is 4.73 Å². The molecule has 0 amide bonds. The van der Waals surface area contributed by atoms with E-state index in [1.165, 1.54) is 12.4 Å². The van der Waals surface area contributed by atoms with Gasteiger partial charge in [-0.25, -0.2) is 0 Å². The smallest absolute Gasteiger partial charge is 0.187 e. The van der Waals surface area contributed by atoms with Gasteiger partial charge in [0.1, 0.15) is 0 Å². The Morgan fingerprint density at radius 1 is 1.64 bits per heavy atom. The number of hydrogen-bond acceptors (Lipinski definition) is 2. The highest BCUT2D eigenvalue weighted by atomic mass is 16.5. The number of pyridine rings is 1. The third-order valence-corrected chi connectivity index (χ3v) is 1.57. The van der Waals surface area contributed by atoms with Crippen molar-refractivity contribution >= 4 is 6.08 Å². The molecule has 0 saturated heterocycles. The monoisotopic (exact) mass is 190 g/mol. The van der Waals surface area contributed by atoms with Crippen molar-refractivity contribution in [2.45, 2.75) is 6.42 Å². The highest BCUT2D eigenvalue weighted by Gasteiger charge is 1.90. The van der Waals surface area contributed by atoms with E-state index in [9.17, 15) is 5.21 Å². The summed E-state index contributed by atoms with van der Waals surface area (Å²) in [6.45, 7) is 0.442. The predicted octanol–water partition coefficient (Wildman–Crippen LogP) is 2.03. The zero-order valence-electron chi connectivity index (χ0n) is 7.58. The number of aromatic nitrogens is 1. The second-order valence-electron chi connectivity index (χ2n) is 2.64. The lowest BCUT2D eigenvalue weighted by molar-refractivity contribution is -0.605. The third kappa shape index (κ3) is 3.60. The Kier molecular flexibility index (Phi) is 4.04. The number of nitrogens with zero attached hydrogens (tertiary/aromatic N) is 4. The van der Waals surface area contributed by atoms with Gasteiger partial charge in [-0.05, 0) is 18.0 Å². The lowest BCUT2D eigenvalue weighted by Gasteiger charge is -1.94. The summed E-state index contributed by atoms with van der Waals surface area (Å²) in [5.41, 5.74) is 8.85. The summed E-state index contributed by atoms with van der Waals surface area (Å²) in [7, 11) is 0. The van der Waals surface area contributed by atoms with Crippen LogP contribution < -0.4 is 4.73 Å². The van der Waals surface area contributed by atoms with Crippen LogP contribution in [0.5, 0.6) is 0 Å². The van der Waals surface area contributed by atoms with E-state index in [-0.39, 0.29) is 0 Å². The van der Waals surface area contributed by atoms with Crippen molar-refractivity contribution in [3.05, 3.63) is 51.8 Å². The molecule has 1 rings (SSSR count). The van der Waals surface area contributed by atoms with Gasteiger partial charge in [0.25, 0.3) is 0 Å². The van der Waals surface area contributed by atoms with Crippen molar-refractivity contribution in [3.63, 3.8) is 0 Å². The standard InChI is InChI=1S/C9H10N4O/c10-12-11-6-2-1-4-9-5-3-7-13(14)8-9/h1,3-5,7-8H,2,6H2. The van der Waals surface area contributed by atoms with Crippen molar-refractivity contribution in [2.24, 2.45) is 5.11 Å². The maximum absolute atomic E-state index is 10.8. The summed E-state index contributed by atoms with van der Waals surface area (Å²) >= 11 is 0. The fourth-order valence-electron chi connectivity index (χ4n) is 0.967. The molecular formula is C9H10N4O. The van der Waals surface area contributed by atoms with Crippen LogP contribution in [0.1, 0.15) is 12.0 Å². The number of rotatable bonds is 4. The lowest BCUT2D eigenvalue weighted by atomic mass is 10.2. The normalized spacial score (nSPS) is 10.0. The molecule has 0 aliphatic heterocycles. The molecule has 5 nitrogen and oxygen atoms in total. The minimum absolute atomic E-state index is 0.442. The van der Waals surface area contributed by atoms with Gasteiger partial charge >= 0.3 is 0 Å². The van der Waals surface area contributed by atoms with Gasteiger partial charge in [0.15, 0.2) is 12.4 Å². The molecule has 0 unspecified atom stereocenters. The second-order valence-corrected chi connectivity index (χ2v) is 2.64. The van der Waals surface area contributed by atoms with E-state index in [2.05, 4.69) is 10.0 Å². The van der Waals surface area contributed by atoms with Crippen molar-refractivity contribution in [2.75, 3.05) is 6.54 Å². The molecule has 0 bridgehead atoms. The third-order valence-electron chi connectivity index (χ3n) is 1.57. The van der Waals surface area contributed by atoms with E-state index in [0.29, 0.717) is 13.0 Å². The molecule has 5 heteroatoms. The minimum Gasteiger partial charge on any atom is -0.619 e. The van der Waals surface area contributed by atoms with Gasteiger partial charge in [0.2, 0.25) is 0 Å². The molecule has 1 aromatic rings. The van der Waals surface area contributed by atoms with E-state index in [1.807, 2.05) is 18.2 Å². The zero-order valence-corrected chi connectivity index (χ0v) is 7.58. The molecule has 0 aliphatic carbocycles. The molecule has 72 valence electrons. The van der Waals surface area contributed by atoms with Crippen LogP contribution in [-0.4, -0.2) is 6.54 Å². The first-order valence-electron chi connectivity index (χ1n) is 4.19. The minimum atomic E-state index is 0.442. The van der Waals surface area contributed by atoms with Crippen LogP contribution in [-0.2, 0) is 0 Å². The zero-order chi connectivity index (χ0) is 10.2. The van der Waals surface area contributed by atoms with E-state index in [1.54, 1.807) is 6.07 Å². The fraction of sp³-hybridized carbons (Fsp3) is 0.222. The maximum atomic E-state index is 10.8. The van der Waals surface area contributed by atoms with Gasteiger partial charge in [-0.1, -0.05) is 17.3 Å². The SMILES string of the molecule is [N-]=[N+]=NCCC=Cc1ccc[n+]([O-])c1. The highest BCUT2D eigenvalue weighted by Crippen LogP contribution is 1.98. The summed E-state index contributed by atoms with van der Waals surface area (Å²) in [4.78, 5) is 2.63. The molecule has 0 fully saturated rings. The van der Waals surface area contributed by atoms with Crippen LogP contribution in [0.4, 0.5) is 0 Å². The van der Waals surface area contributed by atoms with Crippen molar-refractivity contribution in [3.8, 4) is 0 Å². The van der Waals surface area contributed by atoms with Crippen LogP contribution >= 0.6 is 0 Å². The van der Waals surface area contributed by atoms with Crippen LogP contribution in [0.15, 0.2) is 35.7 Å². The van der Waals surface area contributed by atoms with Gasteiger partial charge in [0.05, 0.1) is 0 Å². The average Bonchev–Trinajstić information content (AvgIpc) is 2.18. The van der Waals surface area contributed by atoms with Crippen LogP contribution in [0, 0.1) is 5.21 Å². The van der Waals surface area contributed by atoms with Gasteiger partial charge in [-0.15, -0.1) is 0 Å². The van der Waals surface area contributed by atoms with Crippen LogP contribution in [0.25, 0.3) is 16.5 Å². The Balaban J connectivity index is 2.47. The van der Waals surface area contributed by atoms with Crippen molar-refractivity contribution in [1.29, 1.82) is 0 Å².